The van der Waals surface area contributed by atoms with Crippen LogP contribution in [-0.4, -0.2) is 11.8 Å². The monoisotopic (exact) mass is 283 g/mol. The van der Waals surface area contributed by atoms with Crippen molar-refractivity contribution in [1.29, 1.82) is 0 Å². The average Bonchev–Trinajstić information content (AvgIpc) is 2.33. The van der Waals surface area contributed by atoms with E-state index < -0.39 is 17.7 Å². The molecule has 1 N–H and O–H groups in total. The van der Waals surface area contributed by atoms with Crippen molar-refractivity contribution in [2.75, 3.05) is 0 Å². The van der Waals surface area contributed by atoms with Crippen LogP contribution in [0.4, 0.5) is 4.39 Å². The van der Waals surface area contributed by atoms with E-state index in [-0.39, 0.29) is 28.8 Å². The molecule has 2 amide bonds. The van der Waals surface area contributed by atoms with Crippen LogP contribution in [-0.2, 0) is 9.59 Å². The Hall–Kier alpha value is -1.42. The van der Waals surface area contributed by atoms with Crippen LogP contribution in [0.2, 0.25) is 5.02 Å². The molecule has 0 saturated carbocycles. The fraction of sp³-hybridized carbons (Fsp3) is 0.429. The number of nitrogens with one attached hydrogen (secondary N) is 1. The van der Waals surface area contributed by atoms with Crippen LogP contribution in [0.1, 0.15) is 37.7 Å². The van der Waals surface area contributed by atoms with Crippen LogP contribution in [0.3, 0.4) is 0 Å². The lowest BCUT2D eigenvalue weighted by atomic mass is 9.78. The maximum atomic E-state index is 14.0. The molecule has 5 heteroatoms. The van der Waals surface area contributed by atoms with E-state index in [1.54, 1.807) is 6.07 Å². The highest BCUT2D eigenvalue weighted by molar-refractivity contribution is 6.31. The standard InChI is InChI=1S/C14H15ClFNO2/c1-2-4-8-9(7-12(18)17-14(8)19)13-10(15)5-3-6-11(13)16/h3,5-6,8-9H,2,4,7H2,1H3,(H,17,18,19). The number of hydrogen-bond acceptors (Lipinski definition) is 2. The second-order valence-corrected chi connectivity index (χ2v) is 5.16. The van der Waals surface area contributed by atoms with Gasteiger partial charge in [-0.05, 0) is 18.6 Å². The molecule has 1 heterocycles. The molecule has 3 nitrogen and oxygen atoms in total. The van der Waals surface area contributed by atoms with Gasteiger partial charge in [0.1, 0.15) is 5.82 Å². The summed E-state index contributed by atoms with van der Waals surface area (Å²) in [5.41, 5.74) is 0.283. The SMILES string of the molecule is CCCC1C(=O)NC(=O)CC1c1c(F)cccc1Cl. The first kappa shape index (κ1) is 14.0. The number of halogens is 2. The number of imide groups is 1. The van der Waals surface area contributed by atoms with E-state index in [0.29, 0.717) is 6.42 Å². The predicted octanol–water partition coefficient (Wildman–Crippen LogP) is 3.03. The van der Waals surface area contributed by atoms with Gasteiger partial charge in [-0.1, -0.05) is 31.0 Å². The van der Waals surface area contributed by atoms with Crippen molar-refractivity contribution in [2.45, 2.75) is 32.1 Å². The fourth-order valence-electron chi connectivity index (χ4n) is 2.62. The Bertz CT molecular complexity index is 498. The van der Waals surface area contributed by atoms with Crippen molar-refractivity contribution < 1.29 is 14.0 Å². The Morgan fingerprint density at radius 2 is 2.16 bits per heavy atom. The van der Waals surface area contributed by atoms with Gasteiger partial charge in [-0.15, -0.1) is 0 Å². The summed E-state index contributed by atoms with van der Waals surface area (Å²) >= 11 is 6.04. The second kappa shape index (κ2) is 5.70. The number of carbonyl (C=O) groups excluding carboxylic acids is 2. The molecule has 1 aromatic carbocycles. The average molecular weight is 284 g/mol. The van der Waals surface area contributed by atoms with Gasteiger partial charge in [0, 0.05) is 28.8 Å². The minimum atomic E-state index is -0.477. The maximum Gasteiger partial charge on any atom is 0.230 e. The summed E-state index contributed by atoms with van der Waals surface area (Å²) < 4.78 is 14.0. The van der Waals surface area contributed by atoms with Crippen LogP contribution in [0.5, 0.6) is 0 Å². The quantitative estimate of drug-likeness (QED) is 0.867. The first-order valence-electron chi connectivity index (χ1n) is 6.32. The second-order valence-electron chi connectivity index (χ2n) is 4.75. The molecule has 19 heavy (non-hydrogen) atoms. The molecular weight excluding hydrogens is 269 g/mol. The molecule has 2 unspecified atom stereocenters. The molecule has 1 fully saturated rings. The third kappa shape index (κ3) is 2.78. The summed E-state index contributed by atoms with van der Waals surface area (Å²) in [4.78, 5) is 23.4. The zero-order valence-electron chi connectivity index (χ0n) is 10.6. The van der Waals surface area contributed by atoms with Crippen molar-refractivity contribution in [2.24, 2.45) is 5.92 Å². The van der Waals surface area contributed by atoms with Crippen LogP contribution in [0, 0.1) is 11.7 Å². The molecule has 102 valence electrons. The molecule has 1 aliphatic heterocycles. The molecule has 2 atom stereocenters. The molecule has 0 aromatic heterocycles. The van der Waals surface area contributed by atoms with E-state index in [2.05, 4.69) is 5.32 Å². The van der Waals surface area contributed by atoms with Crippen molar-refractivity contribution >= 4 is 23.4 Å². The third-order valence-corrected chi connectivity index (χ3v) is 3.79. The van der Waals surface area contributed by atoms with E-state index >= 15 is 0 Å². The third-order valence-electron chi connectivity index (χ3n) is 3.46. The highest BCUT2D eigenvalue weighted by Gasteiger charge is 2.38. The van der Waals surface area contributed by atoms with Crippen LogP contribution in [0.25, 0.3) is 0 Å². The molecule has 1 saturated heterocycles. The molecule has 1 aliphatic rings. The van der Waals surface area contributed by atoms with Crippen molar-refractivity contribution in [3.63, 3.8) is 0 Å². The Morgan fingerprint density at radius 1 is 1.42 bits per heavy atom. The van der Waals surface area contributed by atoms with Gasteiger partial charge in [-0.2, -0.15) is 0 Å². The number of benzene rings is 1. The first-order valence-corrected chi connectivity index (χ1v) is 6.70. The molecule has 0 spiro atoms. The lowest BCUT2D eigenvalue weighted by Gasteiger charge is -2.31. The van der Waals surface area contributed by atoms with Crippen molar-refractivity contribution in [1.82, 2.24) is 5.32 Å². The van der Waals surface area contributed by atoms with Gasteiger partial charge in [0.25, 0.3) is 0 Å². The van der Waals surface area contributed by atoms with Gasteiger partial charge in [-0.25, -0.2) is 4.39 Å². The fourth-order valence-corrected chi connectivity index (χ4v) is 2.92. The predicted molar refractivity (Wildman–Crippen MR) is 70.3 cm³/mol. The highest BCUT2D eigenvalue weighted by atomic mass is 35.5. The number of piperidine rings is 1. The lowest BCUT2D eigenvalue weighted by Crippen LogP contribution is -2.45. The summed E-state index contributed by atoms with van der Waals surface area (Å²) in [6.07, 6.45) is 1.49. The van der Waals surface area contributed by atoms with E-state index in [1.165, 1.54) is 12.1 Å². The Labute approximate surface area is 116 Å². The van der Waals surface area contributed by atoms with Crippen LogP contribution < -0.4 is 5.32 Å². The normalized spacial score (nSPS) is 23.3. The summed E-state index contributed by atoms with van der Waals surface area (Å²) in [7, 11) is 0. The number of rotatable bonds is 3. The van der Waals surface area contributed by atoms with Gasteiger partial charge in [-0.3, -0.25) is 14.9 Å². The van der Waals surface area contributed by atoms with Gasteiger partial charge in [0.05, 0.1) is 0 Å². The maximum absolute atomic E-state index is 14.0. The van der Waals surface area contributed by atoms with E-state index in [1.807, 2.05) is 6.92 Å². The van der Waals surface area contributed by atoms with Gasteiger partial charge in [0.15, 0.2) is 0 Å². The lowest BCUT2D eigenvalue weighted by molar-refractivity contribution is -0.137. The smallest absolute Gasteiger partial charge is 0.230 e. The molecule has 0 radical (unpaired) electrons. The minimum absolute atomic E-state index is 0.0943. The molecule has 2 rings (SSSR count). The van der Waals surface area contributed by atoms with E-state index in [4.69, 9.17) is 11.6 Å². The Morgan fingerprint density at radius 3 is 2.79 bits per heavy atom. The first-order chi connectivity index (χ1) is 9.04. The zero-order valence-corrected chi connectivity index (χ0v) is 11.3. The zero-order chi connectivity index (χ0) is 14.0. The van der Waals surface area contributed by atoms with Gasteiger partial charge in [0.2, 0.25) is 11.8 Å². The van der Waals surface area contributed by atoms with E-state index in [9.17, 15) is 14.0 Å². The van der Waals surface area contributed by atoms with Crippen molar-refractivity contribution in [3.8, 4) is 0 Å². The van der Waals surface area contributed by atoms with E-state index in [0.717, 1.165) is 6.42 Å². The topological polar surface area (TPSA) is 46.2 Å². The largest absolute Gasteiger partial charge is 0.296 e. The molecule has 0 bridgehead atoms. The van der Waals surface area contributed by atoms with Crippen LogP contribution >= 0.6 is 11.6 Å². The number of hydrogen-bond donors (Lipinski definition) is 1. The molecular formula is C14H15ClFNO2. The summed E-state index contributed by atoms with van der Waals surface area (Å²) in [5.74, 6) is -2.04. The molecule has 0 aliphatic carbocycles. The summed E-state index contributed by atoms with van der Waals surface area (Å²) in [6, 6.07) is 4.40. The summed E-state index contributed by atoms with van der Waals surface area (Å²) in [5, 5.41) is 2.58. The Kier molecular flexibility index (Phi) is 4.20. The van der Waals surface area contributed by atoms with Gasteiger partial charge < -0.3 is 0 Å². The van der Waals surface area contributed by atoms with Crippen molar-refractivity contribution in [3.05, 3.63) is 34.6 Å². The van der Waals surface area contributed by atoms with Crippen LogP contribution in [0.15, 0.2) is 18.2 Å². The van der Waals surface area contributed by atoms with Gasteiger partial charge >= 0.3 is 0 Å². The number of amides is 2. The molecule has 1 aromatic rings. The Balaban J connectivity index is 2.43. The minimum Gasteiger partial charge on any atom is -0.296 e. The number of carbonyl (C=O) groups is 2. The highest BCUT2D eigenvalue weighted by Crippen LogP contribution is 2.38. The summed E-state index contributed by atoms with van der Waals surface area (Å²) in [6.45, 7) is 1.95.